The van der Waals surface area contributed by atoms with Crippen molar-refractivity contribution in [3.8, 4) is 0 Å². The van der Waals surface area contributed by atoms with E-state index >= 15 is 0 Å². The van der Waals surface area contributed by atoms with Crippen molar-refractivity contribution in [1.29, 1.82) is 0 Å². The molecule has 1 aliphatic heterocycles. The second-order valence-electron chi connectivity index (χ2n) is 4.98. The minimum atomic E-state index is 0.709. The fourth-order valence-corrected chi connectivity index (χ4v) is 2.81. The van der Waals surface area contributed by atoms with Gasteiger partial charge in [0, 0.05) is 37.6 Å². The fraction of sp³-hybridized carbons (Fsp3) is 0.643. The Morgan fingerprint density at radius 3 is 2.89 bits per heavy atom. The Kier molecular flexibility index (Phi) is 4.55. The van der Waals surface area contributed by atoms with Gasteiger partial charge in [-0.3, -0.25) is 14.8 Å². The van der Waals surface area contributed by atoms with Gasteiger partial charge in [-0.05, 0) is 31.6 Å². The van der Waals surface area contributed by atoms with Crippen molar-refractivity contribution < 1.29 is 0 Å². The van der Waals surface area contributed by atoms with Crippen molar-refractivity contribution in [2.45, 2.75) is 32.9 Å². The number of rotatable bonds is 5. The number of hydrogen-bond donors (Lipinski definition) is 1. The Balaban J connectivity index is 1.89. The van der Waals surface area contributed by atoms with Crippen LogP contribution in [-0.2, 0) is 6.54 Å². The first-order chi connectivity index (χ1) is 8.72. The van der Waals surface area contributed by atoms with Gasteiger partial charge < -0.3 is 5.73 Å². The van der Waals surface area contributed by atoms with E-state index in [4.69, 9.17) is 5.73 Å². The predicted molar refractivity (Wildman–Crippen MR) is 75.3 cm³/mol. The van der Waals surface area contributed by atoms with E-state index in [0.29, 0.717) is 6.04 Å². The van der Waals surface area contributed by atoms with Gasteiger partial charge in [-0.2, -0.15) is 0 Å². The molecule has 2 rings (SSSR count). The van der Waals surface area contributed by atoms with Gasteiger partial charge in [0.1, 0.15) is 0 Å². The van der Waals surface area contributed by atoms with Gasteiger partial charge in [-0.1, -0.05) is 13.8 Å². The van der Waals surface area contributed by atoms with Crippen molar-refractivity contribution in [2.75, 3.05) is 31.9 Å². The summed E-state index contributed by atoms with van der Waals surface area (Å²) in [6, 6.07) is 4.53. The normalized spacial score (nSPS) is 20.7. The van der Waals surface area contributed by atoms with Crippen LogP contribution in [0.25, 0.3) is 0 Å². The number of nitrogens with zero attached hydrogens (tertiary/aromatic N) is 3. The molecule has 1 atom stereocenters. The van der Waals surface area contributed by atoms with Crippen LogP contribution in [0.15, 0.2) is 18.3 Å². The highest BCUT2D eigenvalue weighted by molar-refractivity contribution is 5.37. The first kappa shape index (κ1) is 13.3. The Morgan fingerprint density at radius 2 is 2.22 bits per heavy atom. The molecule has 1 fully saturated rings. The zero-order valence-corrected chi connectivity index (χ0v) is 11.5. The van der Waals surface area contributed by atoms with Crippen molar-refractivity contribution in [3.63, 3.8) is 0 Å². The molecule has 0 aromatic carbocycles. The molecule has 1 aliphatic rings. The van der Waals surface area contributed by atoms with Gasteiger partial charge in [0.2, 0.25) is 0 Å². The summed E-state index contributed by atoms with van der Waals surface area (Å²) in [4.78, 5) is 9.40. The van der Waals surface area contributed by atoms with E-state index < -0.39 is 0 Å². The molecule has 4 nitrogen and oxygen atoms in total. The molecule has 0 spiro atoms. The summed E-state index contributed by atoms with van der Waals surface area (Å²) in [6.07, 6.45) is 3.06. The average molecular weight is 248 g/mol. The van der Waals surface area contributed by atoms with E-state index in [-0.39, 0.29) is 0 Å². The molecule has 4 heteroatoms. The number of anilines is 1. The van der Waals surface area contributed by atoms with Crippen LogP contribution in [0.1, 0.15) is 26.0 Å². The maximum atomic E-state index is 5.78. The standard InChI is InChI=1S/C14H24N4/c1-3-18(4-2)14-6-8-17(11-14)10-13-9-12(15)5-7-16-13/h5,7,9,14H,3-4,6,8,10-11H2,1-2H3,(H2,15,16). The van der Waals surface area contributed by atoms with E-state index in [9.17, 15) is 0 Å². The van der Waals surface area contributed by atoms with Crippen LogP contribution in [-0.4, -0.2) is 47.0 Å². The molecular formula is C14H24N4. The van der Waals surface area contributed by atoms with Crippen molar-refractivity contribution in [1.82, 2.24) is 14.8 Å². The van der Waals surface area contributed by atoms with E-state index in [1.807, 2.05) is 12.1 Å². The molecule has 1 saturated heterocycles. The predicted octanol–water partition coefficient (Wildman–Crippen LogP) is 1.58. The first-order valence-electron chi connectivity index (χ1n) is 6.89. The number of nitrogen functional groups attached to an aromatic ring is 1. The summed E-state index contributed by atoms with van der Waals surface area (Å²) in [6.45, 7) is 10.0. The lowest BCUT2D eigenvalue weighted by atomic mass is 10.2. The van der Waals surface area contributed by atoms with Gasteiger partial charge >= 0.3 is 0 Å². The second-order valence-corrected chi connectivity index (χ2v) is 4.98. The van der Waals surface area contributed by atoms with E-state index in [2.05, 4.69) is 28.6 Å². The quantitative estimate of drug-likeness (QED) is 0.859. The molecular weight excluding hydrogens is 224 g/mol. The molecule has 100 valence electrons. The molecule has 18 heavy (non-hydrogen) atoms. The minimum absolute atomic E-state index is 0.709. The fourth-order valence-electron chi connectivity index (χ4n) is 2.81. The lowest BCUT2D eigenvalue weighted by Crippen LogP contribution is -2.37. The number of aromatic nitrogens is 1. The Bertz CT molecular complexity index is 376. The lowest BCUT2D eigenvalue weighted by molar-refractivity contribution is 0.208. The Labute approximate surface area is 110 Å². The molecule has 1 aromatic heterocycles. The SMILES string of the molecule is CCN(CC)C1CCN(Cc2cc(N)ccn2)C1. The zero-order chi connectivity index (χ0) is 13.0. The molecule has 0 aliphatic carbocycles. The molecule has 0 amide bonds. The second kappa shape index (κ2) is 6.16. The third-order valence-corrected chi connectivity index (χ3v) is 3.80. The van der Waals surface area contributed by atoms with Crippen LogP contribution in [0.4, 0.5) is 5.69 Å². The van der Waals surface area contributed by atoms with Gasteiger partial charge in [0.25, 0.3) is 0 Å². The third-order valence-electron chi connectivity index (χ3n) is 3.80. The summed E-state index contributed by atoms with van der Waals surface area (Å²) in [7, 11) is 0. The number of pyridine rings is 1. The molecule has 0 bridgehead atoms. The summed E-state index contributed by atoms with van der Waals surface area (Å²) in [5.74, 6) is 0. The number of likely N-dealkylation sites (N-methyl/N-ethyl adjacent to an activating group) is 1. The largest absolute Gasteiger partial charge is 0.399 e. The van der Waals surface area contributed by atoms with E-state index in [1.165, 1.54) is 6.42 Å². The third kappa shape index (κ3) is 3.21. The molecule has 2 N–H and O–H groups in total. The van der Waals surface area contributed by atoms with Gasteiger partial charge in [0.05, 0.1) is 5.69 Å². The Morgan fingerprint density at radius 1 is 1.44 bits per heavy atom. The van der Waals surface area contributed by atoms with Crippen LogP contribution in [0.3, 0.4) is 0 Å². The monoisotopic (exact) mass is 248 g/mol. The van der Waals surface area contributed by atoms with Crippen molar-refractivity contribution in [2.24, 2.45) is 0 Å². The van der Waals surface area contributed by atoms with Gasteiger partial charge in [-0.25, -0.2) is 0 Å². The molecule has 1 unspecified atom stereocenters. The highest BCUT2D eigenvalue weighted by Crippen LogP contribution is 2.17. The van der Waals surface area contributed by atoms with E-state index in [0.717, 1.165) is 44.1 Å². The van der Waals surface area contributed by atoms with Crippen LogP contribution < -0.4 is 5.73 Å². The van der Waals surface area contributed by atoms with Crippen molar-refractivity contribution >= 4 is 5.69 Å². The lowest BCUT2D eigenvalue weighted by Gasteiger charge is -2.26. The summed E-state index contributed by atoms with van der Waals surface area (Å²) >= 11 is 0. The van der Waals surface area contributed by atoms with Gasteiger partial charge in [-0.15, -0.1) is 0 Å². The van der Waals surface area contributed by atoms with Crippen molar-refractivity contribution in [3.05, 3.63) is 24.0 Å². The smallest absolute Gasteiger partial charge is 0.0564 e. The van der Waals surface area contributed by atoms with Gasteiger partial charge in [0.15, 0.2) is 0 Å². The molecule has 0 radical (unpaired) electrons. The number of hydrogen-bond acceptors (Lipinski definition) is 4. The minimum Gasteiger partial charge on any atom is -0.399 e. The van der Waals surface area contributed by atoms with Crippen LogP contribution in [0.5, 0.6) is 0 Å². The molecule has 2 heterocycles. The highest BCUT2D eigenvalue weighted by Gasteiger charge is 2.26. The average Bonchev–Trinajstić information content (AvgIpc) is 2.79. The van der Waals surface area contributed by atoms with Crippen LogP contribution in [0, 0.1) is 0 Å². The van der Waals surface area contributed by atoms with Crippen LogP contribution in [0.2, 0.25) is 0 Å². The zero-order valence-electron chi connectivity index (χ0n) is 11.5. The first-order valence-corrected chi connectivity index (χ1v) is 6.89. The summed E-state index contributed by atoms with van der Waals surface area (Å²) in [5, 5.41) is 0. The maximum absolute atomic E-state index is 5.78. The summed E-state index contributed by atoms with van der Waals surface area (Å²) in [5.41, 5.74) is 7.67. The Hall–Kier alpha value is -1.13. The number of nitrogens with two attached hydrogens (primary N) is 1. The highest BCUT2D eigenvalue weighted by atomic mass is 15.2. The number of likely N-dealkylation sites (tertiary alicyclic amines) is 1. The maximum Gasteiger partial charge on any atom is 0.0564 e. The summed E-state index contributed by atoms with van der Waals surface area (Å²) < 4.78 is 0. The molecule has 1 aromatic rings. The topological polar surface area (TPSA) is 45.4 Å². The van der Waals surface area contributed by atoms with Crippen LogP contribution >= 0.6 is 0 Å². The molecule has 0 saturated carbocycles. The van der Waals surface area contributed by atoms with E-state index in [1.54, 1.807) is 6.20 Å².